The minimum atomic E-state index is -3.85. The standard InChI is InChI=1S/C31H61N3O3SSi4/c1-23(2)26-17-29(24(3)4)31(30(18-26)25(5)6)38(35,36)33-27(19-28-20-32-22-34(28)7)21-37-42(39(8,9)10,40(11,12)13)41(14,15)16/h17-18,20,22-25,27,33H,19,21H2,1-16H3/t27-/m0/s1. The number of nitrogens with one attached hydrogen (secondary N) is 1. The minimum absolute atomic E-state index is 0.0743. The Morgan fingerprint density at radius 2 is 1.26 bits per heavy atom. The monoisotopic (exact) mass is 667 g/mol. The predicted molar refractivity (Wildman–Crippen MR) is 191 cm³/mol. The molecule has 0 radical (unpaired) electrons. The smallest absolute Gasteiger partial charge is 0.241 e. The van der Waals surface area contributed by atoms with Gasteiger partial charge in [-0.15, -0.1) is 0 Å². The molecule has 0 spiro atoms. The first-order valence-electron chi connectivity index (χ1n) is 15.7. The first-order valence-corrected chi connectivity index (χ1v) is 32.6. The summed E-state index contributed by atoms with van der Waals surface area (Å²) in [6.45, 7) is 33.4. The second-order valence-electron chi connectivity index (χ2n) is 16.3. The average molecular weight is 668 g/mol. The molecule has 42 heavy (non-hydrogen) atoms. The van der Waals surface area contributed by atoms with Crippen LogP contribution in [0.2, 0.25) is 58.9 Å². The second-order valence-corrected chi connectivity index (χ2v) is 57.4. The number of imidazole rings is 1. The number of rotatable bonds is 14. The van der Waals surface area contributed by atoms with Crippen LogP contribution in [0.25, 0.3) is 0 Å². The lowest BCUT2D eigenvalue weighted by Gasteiger charge is -2.56. The quantitative estimate of drug-likeness (QED) is 0.208. The molecule has 0 amide bonds. The first-order chi connectivity index (χ1) is 18.9. The molecule has 0 aliphatic rings. The number of aromatic nitrogens is 2. The van der Waals surface area contributed by atoms with Gasteiger partial charge in [0.15, 0.2) is 6.87 Å². The predicted octanol–water partition coefficient (Wildman–Crippen LogP) is 7.89. The average Bonchev–Trinajstić information content (AvgIpc) is 3.19. The van der Waals surface area contributed by atoms with Gasteiger partial charge in [-0.25, -0.2) is 18.1 Å². The normalized spacial score (nSPS) is 14.8. The fourth-order valence-electron chi connectivity index (χ4n) is 7.70. The topological polar surface area (TPSA) is 73.2 Å². The van der Waals surface area contributed by atoms with Crippen molar-refractivity contribution in [3.63, 3.8) is 0 Å². The van der Waals surface area contributed by atoms with Crippen LogP contribution in [0.1, 0.15) is 81.7 Å². The zero-order valence-corrected chi connectivity index (χ0v) is 34.4. The fraction of sp³-hybridized carbons (Fsp3) is 0.710. The van der Waals surface area contributed by atoms with Gasteiger partial charge in [-0.2, -0.15) is 0 Å². The number of nitrogens with zero attached hydrogens (tertiary/aromatic N) is 2. The molecule has 1 aromatic carbocycles. The van der Waals surface area contributed by atoms with E-state index in [0.29, 0.717) is 23.8 Å². The lowest BCUT2D eigenvalue weighted by molar-refractivity contribution is 0.285. The Morgan fingerprint density at radius 3 is 1.60 bits per heavy atom. The number of aryl methyl sites for hydroxylation is 1. The molecule has 6 nitrogen and oxygen atoms in total. The highest BCUT2D eigenvalue weighted by molar-refractivity contribution is 7.89. The van der Waals surface area contributed by atoms with Gasteiger partial charge in [0.25, 0.3) is 0 Å². The third kappa shape index (κ3) is 7.87. The largest absolute Gasteiger partial charge is 0.424 e. The van der Waals surface area contributed by atoms with Crippen LogP contribution in [0.15, 0.2) is 29.6 Å². The summed E-state index contributed by atoms with van der Waals surface area (Å²) in [7, 11) is -7.00. The van der Waals surface area contributed by atoms with Crippen LogP contribution in [0.3, 0.4) is 0 Å². The van der Waals surface area contributed by atoms with Gasteiger partial charge >= 0.3 is 0 Å². The van der Waals surface area contributed by atoms with Gasteiger partial charge in [0, 0.05) is 38.0 Å². The lowest BCUT2D eigenvalue weighted by atomic mass is 9.89. The summed E-state index contributed by atoms with van der Waals surface area (Å²) in [5.41, 5.74) is 3.98. The van der Waals surface area contributed by atoms with Crippen LogP contribution in [-0.4, -0.2) is 60.3 Å². The molecule has 2 aromatic rings. The Balaban J connectivity index is 2.72. The Bertz CT molecular complexity index is 1250. The van der Waals surface area contributed by atoms with Crippen LogP contribution < -0.4 is 4.72 Å². The van der Waals surface area contributed by atoms with E-state index >= 15 is 0 Å². The van der Waals surface area contributed by atoms with Gasteiger partial charge in [0.05, 0.1) is 34.0 Å². The summed E-state index contributed by atoms with van der Waals surface area (Å²) in [6.07, 6.45) is 4.16. The summed E-state index contributed by atoms with van der Waals surface area (Å²) < 4.78 is 41.7. The van der Waals surface area contributed by atoms with Crippen molar-refractivity contribution in [2.45, 2.75) is 136 Å². The molecule has 1 heterocycles. The van der Waals surface area contributed by atoms with Crippen molar-refractivity contribution in [2.24, 2.45) is 7.05 Å². The molecule has 0 saturated heterocycles. The molecule has 0 unspecified atom stereocenters. The van der Waals surface area contributed by atoms with Gasteiger partial charge in [-0.05, 0) is 34.4 Å². The molecule has 1 N–H and O–H groups in total. The highest BCUT2D eigenvalue weighted by Crippen LogP contribution is 2.39. The maximum Gasteiger partial charge on any atom is 0.241 e. The molecule has 2 rings (SSSR count). The highest BCUT2D eigenvalue weighted by atomic mass is 32.2. The van der Waals surface area contributed by atoms with Crippen molar-refractivity contribution in [1.29, 1.82) is 0 Å². The van der Waals surface area contributed by atoms with E-state index in [1.807, 2.05) is 17.8 Å². The van der Waals surface area contributed by atoms with E-state index in [0.717, 1.165) is 16.8 Å². The van der Waals surface area contributed by atoms with Crippen LogP contribution in [0.4, 0.5) is 0 Å². The van der Waals surface area contributed by atoms with E-state index in [1.54, 1.807) is 6.33 Å². The SMILES string of the molecule is CC(C)c1cc(C(C)C)c(S(=O)(=O)N[C@H](CO[Si]([Si](C)(C)C)([Si](C)(C)C)[Si](C)(C)C)Cc2cncn2C)c(C(C)C)c1. The van der Waals surface area contributed by atoms with Crippen molar-refractivity contribution in [1.82, 2.24) is 14.3 Å². The summed E-state index contributed by atoms with van der Waals surface area (Å²) >= 11 is 0. The van der Waals surface area contributed by atoms with Gasteiger partial charge < -0.3 is 8.99 Å². The third-order valence-electron chi connectivity index (χ3n) is 8.71. The van der Waals surface area contributed by atoms with E-state index in [1.165, 1.54) is 5.56 Å². The Hall–Kier alpha value is -0.832. The second kappa shape index (κ2) is 13.3. The Labute approximate surface area is 262 Å². The van der Waals surface area contributed by atoms with Crippen LogP contribution in [0.5, 0.6) is 0 Å². The fourth-order valence-corrected chi connectivity index (χ4v) is 104. The number of benzene rings is 1. The van der Waals surface area contributed by atoms with E-state index in [4.69, 9.17) is 4.43 Å². The van der Waals surface area contributed by atoms with Crippen molar-refractivity contribution in [3.05, 3.63) is 47.0 Å². The van der Waals surface area contributed by atoms with Gasteiger partial charge in [-0.1, -0.05) is 113 Å². The molecule has 0 aliphatic carbocycles. The Morgan fingerprint density at radius 1 is 0.810 bits per heavy atom. The molecular weight excluding hydrogens is 607 g/mol. The van der Waals surface area contributed by atoms with Crippen LogP contribution >= 0.6 is 0 Å². The minimum Gasteiger partial charge on any atom is -0.424 e. The number of hydrogen-bond donors (Lipinski definition) is 1. The first kappa shape index (κ1) is 37.4. The molecule has 0 saturated carbocycles. The summed E-state index contributed by atoms with van der Waals surface area (Å²) in [5, 5.41) is 0. The Kier molecular flexibility index (Phi) is 11.8. The van der Waals surface area contributed by atoms with E-state index in [9.17, 15) is 8.42 Å². The van der Waals surface area contributed by atoms with Crippen LogP contribution in [0, 0.1) is 0 Å². The third-order valence-corrected chi connectivity index (χ3v) is 78.1. The maximum absolute atomic E-state index is 14.6. The van der Waals surface area contributed by atoms with Crippen LogP contribution in [-0.2, 0) is 27.9 Å². The van der Waals surface area contributed by atoms with Crippen molar-refractivity contribution in [2.75, 3.05) is 6.61 Å². The molecule has 1 atom stereocenters. The van der Waals surface area contributed by atoms with Crippen molar-refractivity contribution >= 4 is 39.7 Å². The van der Waals surface area contributed by atoms with E-state index < -0.39 is 45.7 Å². The molecule has 0 aliphatic heterocycles. The van der Waals surface area contributed by atoms with Gasteiger partial charge in [0.1, 0.15) is 0 Å². The highest BCUT2D eigenvalue weighted by Gasteiger charge is 2.63. The molecule has 240 valence electrons. The lowest BCUT2D eigenvalue weighted by Crippen LogP contribution is -2.84. The molecule has 0 fully saturated rings. The van der Waals surface area contributed by atoms with Crippen molar-refractivity contribution < 1.29 is 12.8 Å². The number of hydrogen-bond acceptors (Lipinski definition) is 4. The number of sulfonamides is 1. The van der Waals surface area contributed by atoms with Gasteiger partial charge in [-0.3, -0.25) is 0 Å². The zero-order chi connectivity index (χ0) is 32.6. The molecule has 0 bridgehead atoms. The molecule has 11 heteroatoms. The van der Waals surface area contributed by atoms with Gasteiger partial charge in [0.2, 0.25) is 10.0 Å². The maximum atomic E-state index is 14.6. The summed E-state index contributed by atoms with van der Waals surface area (Å²) in [5.74, 6) is 0.467. The molecular formula is C31H61N3O3SSi4. The zero-order valence-electron chi connectivity index (χ0n) is 29.6. The van der Waals surface area contributed by atoms with E-state index in [-0.39, 0.29) is 11.8 Å². The molecule has 1 aromatic heterocycles. The summed E-state index contributed by atoms with van der Waals surface area (Å²) in [6, 6.07) is 3.83. The van der Waals surface area contributed by atoms with E-state index in [2.05, 4.69) is 122 Å². The van der Waals surface area contributed by atoms with Crippen molar-refractivity contribution in [3.8, 4) is 0 Å². The summed E-state index contributed by atoms with van der Waals surface area (Å²) in [4.78, 5) is 4.79.